The maximum atomic E-state index is 11.0. The van der Waals surface area contributed by atoms with Crippen LogP contribution in [0.4, 0.5) is 0 Å². The first-order chi connectivity index (χ1) is 4.14. The van der Waals surface area contributed by atoms with Gasteiger partial charge < -0.3 is 4.52 Å². The van der Waals surface area contributed by atoms with Crippen LogP contribution < -0.4 is 0 Å². The minimum Gasteiger partial charge on any atom is -0.426 e. The van der Waals surface area contributed by atoms with Crippen molar-refractivity contribution >= 4 is 18.0 Å². The van der Waals surface area contributed by atoms with Gasteiger partial charge in [-0.25, -0.2) is 0 Å². The molecule has 0 amide bonds. The Labute approximate surface area is 57.9 Å². The smallest absolute Gasteiger partial charge is 0.305 e. The summed E-state index contributed by atoms with van der Waals surface area (Å²) in [6, 6.07) is 0. The third-order valence-electron chi connectivity index (χ3n) is 0.758. The Balaban J connectivity index is 2.74. The van der Waals surface area contributed by atoms with Crippen LogP contribution in [-0.2, 0) is 9.09 Å². The van der Waals surface area contributed by atoms with Crippen LogP contribution >= 0.6 is 18.0 Å². The third kappa shape index (κ3) is 1.54. The fourth-order valence-corrected chi connectivity index (χ4v) is 2.64. The van der Waals surface area contributed by atoms with E-state index in [9.17, 15) is 4.57 Å². The number of rotatable bonds is 0. The Kier molecular flexibility index (Phi) is 1.61. The summed E-state index contributed by atoms with van der Waals surface area (Å²) in [5.74, 6) is 2.65. The first-order valence-corrected chi connectivity index (χ1v) is 5.82. The van der Waals surface area contributed by atoms with Crippen LogP contribution in [0.5, 0.6) is 0 Å². The van der Waals surface area contributed by atoms with Gasteiger partial charge in [0.05, 0.1) is 0 Å². The van der Waals surface area contributed by atoms with E-state index in [1.807, 2.05) is 0 Å². The van der Waals surface area contributed by atoms with Crippen LogP contribution in [0.1, 0.15) is 0 Å². The molecule has 0 spiro atoms. The van der Waals surface area contributed by atoms with Crippen LogP contribution in [0.3, 0.4) is 0 Å². The van der Waals surface area contributed by atoms with Crippen molar-refractivity contribution in [3.63, 3.8) is 0 Å². The number of hydrogen-bond acceptors (Lipinski definition) is 3. The van der Waals surface area contributed by atoms with Crippen LogP contribution in [0.25, 0.3) is 0 Å². The highest BCUT2D eigenvalue weighted by atomic mass is 32.7. The number of terminal acetylenes is 1. The molecule has 4 heteroatoms. The first-order valence-electron chi connectivity index (χ1n) is 2.26. The van der Waals surface area contributed by atoms with Gasteiger partial charge in [0.25, 0.3) is 0 Å². The molecule has 48 valence electrons. The topological polar surface area (TPSA) is 26.3 Å². The molecular weight excluding hydrogens is 155 g/mol. The maximum absolute atomic E-state index is 11.0. The Hall–Kier alpha value is -0.320. The van der Waals surface area contributed by atoms with Gasteiger partial charge in [-0.1, -0.05) is 0 Å². The average molecular weight is 160 g/mol. The summed E-state index contributed by atoms with van der Waals surface area (Å²) >= 11 is 1.16. The van der Waals surface area contributed by atoms with Crippen molar-refractivity contribution in [1.82, 2.24) is 0 Å². The summed E-state index contributed by atoms with van der Waals surface area (Å²) in [5, 5.41) is 1.60. The Morgan fingerprint density at radius 1 is 2.00 bits per heavy atom. The molecule has 0 bridgehead atoms. The molecule has 0 aromatic heterocycles. The van der Waals surface area contributed by atoms with Gasteiger partial charge in [-0.05, 0) is 17.3 Å². The molecule has 2 nitrogen and oxygen atoms in total. The van der Waals surface area contributed by atoms with Crippen molar-refractivity contribution in [1.29, 1.82) is 0 Å². The van der Waals surface area contributed by atoms with Gasteiger partial charge >= 0.3 is 6.57 Å². The van der Waals surface area contributed by atoms with E-state index < -0.39 is 6.57 Å². The fourth-order valence-electron chi connectivity index (χ4n) is 0.426. The second-order valence-electron chi connectivity index (χ2n) is 1.59. The Bertz CT molecular complexity index is 238. The summed E-state index contributed by atoms with van der Waals surface area (Å²) in [6.07, 6.45) is 4.98. The van der Waals surface area contributed by atoms with Crippen molar-refractivity contribution in [2.75, 3.05) is 6.66 Å². The standard InChI is InChI=1S/C5H5O2PS/c1-3-5-4-9-8(2,6)7-5/h1,4H,2H3. The van der Waals surface area contributed by atoms with E-state index in [0.717, 1.165) is 11.4 Å². The van der Waals surface area contributed by atoms with E-state index in [2.05, 4.69) is 5.92 Å². The molecule has 1 rings (SSSR count). The summed E-state index contributed by atoms with van der Waals surface area (Å²) in [7, 11) is 0. The zero-order valence-corrected chi connectivity index (χ0v) is 6.54. The second kappa shape index (κ2) is 2.13. The van der Waals surface area contributed by atoms with E-state index in [-0.39, 0.29) is 0 Å². The fraction of sp³-hybridized carbons (Fsp3) is 0.200. The minimum atomic E-state index is -2.43. The van der Waals surface area contributed by atoms with E-state index in [1.54, 1.807) is 12.1 Å². The predicted molar refractivity (Wildman–Crippen MR) is 39.1 cm³/mol. The average Bonchev–Trinajstić information content (AvgIpc) is 2.10. The number of hydrogen-bond donors (Lipinski definition) is 0. The normalized spacial score (nSPS) is 32.7. The van der Waals surface area contributed by atoms with Gasteiger partial charge in [0.1, 0.15) is 0 Å². The minimum absolute atomic E-state index is 0.380. The monoisotopic (exact) mass is 160 g/mol. The lowest BCUT2D eigenvalue weighted by atomic mass is 10.6. The SMILES string of the molecule is C#CC1=CSP(C)(=O)O1. The molecule has 0 radical (unpaired) electrons. The molecule has 9 heavy (non-hydrogen) atoms. The Morgan fingerprint density at radius 2 is 2.67 bits per heavy atom. The van der Waals surface area contributed by atoms with Gasteiger partial charge in [0, 0.05) is 12.1 Å². The molecule has 0 aliphatic carbocycles. The Morgan fingerprint density at radius 3 is 2.89 bits per heavy atom. The van der Waals surface area contributed by atoms with Gasteiger partial charge in [0.15, 0.2) is 5.76 Å². The molecule has 0 aromatic carbocycles. The lowest BCUT2D eigenvalue weighted by Gasteiger charge is -2.01. The summed E-state index contributed by atoms with van der Waals surface area (Å²) < 4.78 is 15.8. The van der Waals surface area contributed by atoms with Crippen molar-refractivity contribution < 1.29 is 9.09 Å². The lowest BCUT2D eigenvalue weighted by Crippen LogP contribution is -1.74. The molecule has 0 aromatic rings. The lowest BCUT2D eigenvalue weighted by molar-refractivity contribution is 0.446. The molecular formula is C5H5O2PS. The molecule has 1 atom stereocenters. The highest BCUT2D eigenvalue weighted by Gasteiger charge is 2.23. The number of allylic oxidation sites excluding steroid dienone is 1. The summed E-state index contributed by atoms with van der Waals surface area (Å²) in [6.45, 7) is -0.894. The zero-order valence-electron chi connectivity index (χ0n) is 4.83. The molecule has 0 saturated heterocycles. The predicted octanol–water partition coefficient (Wildman–Crippen LogP) is 2.05. The highest BCUT2D eigenvalue weighted by molar-refractivity contribution is 8.58. The van der Waals surface area contributed by atoms with Crippen LogP contribution in [0, 0.1) is 12.3 Å². The molecule has 1 heterocycles. The van der Waals surface area contributed by atoms with Gasteiger partial charge in [-0.15, -0.1) is 6.42 Å². The molecule has 0 fully saturated rings. The van der Waals surface area contributed by atoms with Gasteiger partial charge in [-0.3, -0.25) is 4.57 Å². The second-order valence-corrected chi connectivity index (χ2v) is 6.39. The van der Waals surface area contributed by atoms with E-state index in [4.69, 9.17) is 10.9 Å². The van der Waals surface area contributed by atoms with E-state index in [1.165, 1.54) is 0 Å². The van der Waals surface area contributed by atoms with Gasteiger partial charge in [0.2, 0.25) is 0 Å². The maximum Gasteiger partial charge on any atom is 0.305 e. The van der Waals surface area contributed by atoms with Crippen molar-refractivity contribution in [2.24, 2.45) is 0 Å². The van der Waals surface area contributed by atoms with Crippen molar-refractivity contribution in [3.05, 3.63) is 11.2 Å². The van der Waals surface area contributed by atoms with E-state index >= 15 is 0 Å². The summed E-state index contributed by atoms with van der Waals surface area (Å²) in [4.78, 5) is 0. The summed E-state index contributed by atoms with van der Waals surface area (Å²) in [5.41, 5.74) is 0. The van der Waals surface area contributed by atoms with Crippen LogP contribution in [0.2, 0.25) is 0 Å². The van der Waals surface area contributed by atoms with Crippen molar-refractivity contribution in [2.45, 2.75) is 0 Å². The first kappa shape index (κ1) is 6.80. The van der Waals surface area contributed by atoms with Crippen LogP contribution in [-0.4, -0.2) is 6.66 Å². The highest BCUT2D eigenvalue weighted by Crippen LogP contribution is 2.62. The quantitative estimate of drug-likeness (QED) is 0.400. The molecule has 1 unspecified atom stereocenters. The van der Waals surface area contributed by atoms with Crippen molar-refractivity contribution in [3.8, 4) is 12.3 Å². The molecule has 0 N–H and O–H groups in total. The van der Waals surface area contributed by atoms with E-state index in [0.29, 0.717) is 5.76 Å². The molecule has 1 aliphatic heterocycles. The zero-order chi connectivity index (χ0) is 6.91. The molecule has 0 saturated carbocycles. The van der Waals surface area contributed by atoms with Gasteiger partial charge in [-0.2, -0.15) is 0 Å². The molecule has 1 aliphatic rings. The third-order valence-corrected chi connectivity index (χ3v) is 3.68. The largest absolute Gasteiger partial charge is 0.426 e. The van der Waals surface area contributed by atoms with Crippen LogP contribution in [0.15, 0.2) is 11.2 Å².